The molecule has 0 aliphatic rings. The molecule has 24 heavy (non-hydrogen) atoms. The van der Waals surface area contributed by atoms with E-state index in [0.29, 0.717) is 37.7 Å². The van der Waals surface area contributed by atoms with Crippen molar-refractivity contribution < 1.29 is 19.4 Å². The Balaban J connectivity index is 2.49. The van der Waals surface area contributed by atoms with E-state index >= 15 is 0 Å². The van der Waals surface area contributed by atoms with Crippen LogP contribution >= 0.6 is 11.8 Å². The van der Waals surface area contributed by atoms with Crippen LogP contribution in [0, 0.1) is 0 Å². The first-order valence-corrected chi connectivity index (χ1v) is 9.30. The molecule has 0 spiro atoms. The number of rotatable bonds is 13. The van der Waals surface area contributed by atoms with Crippen LogP contribution in [0.4, 0.5) is 5.82 Å². The molecule has 0 fully saturated rings. The summed E-state index contributed by atoms with van der Waals surface area (Å²) in [5.74, 6) is 1.72. The number of hydrogen-bond donors (Lipinski definition) is 3. The molecule has 0 aliphatic carbocycles. The summed E-state index contributed by atoms with van der Waals surface area (Å²) in [6.07, 6.45) is 1.78. The number of carbonyl (C=O) groups excluding carboxylic acids is 1. The largest absolute Gasteiger partial charge is 0.396 e. The van der Waals surface area contributed by atoms with Gasteiger partial charge in [0.15, 0.2) is 6.29 Å². The molecule has 0 unspecified atom stereocenters. The Morgan fingerprint density at radius 1 is 1.42 bits per heavy atom. The molecule has 138 valence electrons. The lowest BCUT2D eigenvalue weighted by Gasteiger charge is -2.17. The van der Waals surface area contributed by atoms with Gasteiger partial charge in [0.1, 0.15) is 11.4 Å². The predicted octanol–water partition coefficient (Wildman–Crippen LogP) is 0.710. The normalized spacial score (nSPS) is 11.2. The van der Waals surface area contributed by atoms with E-state index < -0.39 is 6.29 Å². The minimum Gasteiger partial charge on any atom is -0.396 e. The Morgan fingerprint density at radius 2 is 2.12 bits per heavy atom. The highest BCUT2D eigenvalue weighted by atomic mass is 32.2. The number of nitrogen functional groups attached to an aromatic ring is 1. The lowest BCUT2D eigenvalue weighted by Crippen LogP contribution is -2.27. The highest BCUT2D eigenvalue weighted by Crippen LogP contribution is 2.13. The van der Waals surface area contributed by atoms with Gasteiger partial charge in [0.2, 0.25) is 0 Å². The number of aliphatic hydroxyl groups is 1. The van der Waals surface area contributed by atoms with E-state index in [1.165, 1.54) is 10.9 Å². The van der Waals surface area contributed by atoms with E-state index in [1.807, 2.05) is 13.8 Å². The second-order valence-corrected chi connectivity index (χ2v) is 6.14. The Morgan fingerprint density at radius 3 is 2.75 bits per heavy atom. The molecule has 0 radical (unpaired) electrons. The van der Waals surface area contributed by atoms with Gasteiger partial charge in [-0.15, -0.1) is 0 Å². The smallest absolute Gasteiger partial charge is 0.256 e. The number of anilines is 1. The maximum atomic E-state index is 12.1. The molecule has 1 aromatic heterocycles. The first kappa shape index (κ1) is 20.8. The van der Waals surface area contributed by atoms with Crippen molar-refractivity contribution in [3.8, 4) is 0 Å². The number of nitrogens with one attached hydrogen (secondary N) is 1. The first-order valence-electron chi connectivity index (χ1n) is 8.15. The molecule has 0 aliphatic heterocycles. The number of amides is 1. The summed E-state index contributed by atoms with van der Waals surface area (Å²) in [5.41, 5.74) is 6.36. The summed E-state index contributed by atoms with van der Waals surface area (Å²) in [6.45, 7) is 5.88. The van der Waals surface area contributed by atoms with Crippen LogP contribution in [0.25, 0.3) is 0 Å². The van der Waals surface area contributed by atoms with Crippen LogP contribution in [0.5, 0.6) is 0 Å². The third-order valence-corrected chi connectivity index (χ3v) is 4.20. The minimum atomic E-state index is -0.443. The maximum Gasteiger partial charge on any atom is 0.256 e. The average Bonchev–Trinajstić information content (AvgIpc) is 2.92. The molecule has 4 N–H and O–H groups in total. The Labute approximate surface area is 147 Å². The second-order valence-electron chi connectivity index (χ2n) is 4.91. The molecule has 1 heterocycles. The summed E-state index contributed by atoms with van der Waals surface area (Å²) in [6, 6.07) is 0. The predicted molar refractivity (Wildman–Crippen MR) is 95.0 cm³/mol. The maximum absolute atomic E-state index is 12.1. The van der Waals surface area contributed by atoms with Gasteiger partial charge >= 0.3 is 0 Å². The minimum absolute atomic E-state index is 0.194. The summed E-state index contributed by atoms with van der Waals surface area (Å²) in [4.78, 5) is 12.1. The van der Waals surface area contributed by atoms with E-state index in [0.717, 1.165) is 17.9 Å². The topological polar surface area (TPSA) is 112 Å². The van der Waals surface area contributed by atoms with Gasteiger partial charge in [0.25, 0.3) is 5.91 Å². The van der Waals surface area contributed by atoms with Gasteiger partial charge < -0.3 is 25.6 Å². The second kappa shape index (κ2) is 12.1. The summed E-state index contributed by atoms with van der Waals surface area (Å²) in [7, 11) is 0. The lowest BCUT2D eigenvalue weighted by molar-refractivity contribution is -0.144. The Kier molecular flexibility index (Phi) is 10.5. The average molecular weight is 360 g/mol. The summed E-state index contributed by atoms with van der Waals surface area (Å²) in [5, 5.41) is 15.7. The molecule has 1 aromatic rings. The van der Waals surface area contributed by atoms with Crippen LogP contribution in [0.1, 0.15) is 30.6 Å². The number of hydrogen-bond acceptors (Lipinski definition) is 7. The molecule has 0 aromatic carbocycles. The first-order chi connectivity index (χ1) is 11.6. The zero-order valence-corrected chi connectivity index (χ0v) is 15.2. The monoisotopic (exact) mass is 360 g/mol. The number of nitrogens with two attached hydrogens (primary N) is 1. The fourth-order valence-electron chi connectivity index (χ4n) is 1.98. The van der Waals surface area contributed by atoms with Crippen molar-refractivity contribution in [1.82, 2.24) is 15.1 Å². The lowest BCUT2D eigenvalue weighted by atomic mass is 10.3. The highest BCUT2D eigenvalue weighted by molar-refractivity contribution is 7.99. The zero-order valence-electron chi connectivity index (χ0n) is 14.4. The Bertz CT molecular complexity index is 478. The van der Waals surface area contributed by atoms with Crippen LogP contribution in [-0.4, -0.2) is 65.0 Å². The van der Waals surface area contributed by atoms with Crippen molar-refractivity contribution in [3.63, 3.8) is 0 Å². The van der Waals surface area contributed by atoms with Crippen LogP contribution in [0.2, 0.25) is 0 Å². The molecule has 1 rings (SSSR count). The van der Waals surface area contributed by atoms with Gasteiger partial charge in [-0.25, -0.2) is 4.68 Å². The molecule has 0 bridgehead atoms. The number of carbonyl (C=O) groups is 1. The third kappa shape index (κ3) is 7.08. The van der Waals surface area contributed by atoms with Gasteiger partial charge in [0.05, 0.1) is 12.7 Å². The van der Waals surface area contributed by atoms with Gasteiger partial charge in [-0.1, -0.05) is 0 Å². The van der Waals surface area contributed by atoms with Gasteiger partial charge in [0, 0.05) is 32.1 Å². The molecular weight excluding hydrogens is 332 g/mol. The van der Waals surface area contributed by atoms with E-state index in [1.54, 1.807) is 11.8 Å². The van der Waals surface area contributed by atoms with Gasteiger partial charge in [-0.3, -0.25) is 4.79 Å². The summed E-state index contributed by atoms with van der Waals surface area (Å²) < 4.78 is 12.4. The van der Waals surface area contributed by atoms with Crippen molar-refractivity contribution in [3.05, 3.63) is 11.8 Å². The zero-order chi connectivity index (χ0) is 17.8. The number of thioether (sulfide) groups is 1. The van der Waals surface area contributed by atoms with Crippen LogP contribution in [-0.2, 0) is 16.0 Å². The van der Waals surface area contributed by atoms with E-state index in [2.05, 4.69) is 10.4 Å². The molecule has 0 saturated carbocycles. The fourth-order valence-corrected chi connectivity index (χ4v) is 2.77. The van der Waals surface area contributed by atoms with Crippen molar-refractivity contribution >= 4 is 23.5 Å². The molecule has 9 heteroatoms. The van der Waals surface area contributed by atoms with E-state index in [9.17, 15) is 4.79 Å². The highest BCUT2D eigenvalue weighted by Gasteiger charge is 2.18. The van der Waals surface area contributed by atoms with Crippen molar-refractivity contribution in [1.29, 1.82) is 0 Å². The number of nitrogens with zero attached hydrogens (tertiary/aromatic N) is 2. The van der Waals surface area contributed by atoms with E-state index in [-0.39, 0.29) is 12.5 Å². The number of ether oxygens (including phenoxy) is 2. The molecule has 8 nitrogen and oxygen atoms in total. The summed E-state index contributed by atoms with van der Waals surface area (Å²) >= 11 is 1.68. The van der Waals surface area contributed by atoms with E-state index in [4.69, 9.17) is 20.3 Å². The molecular formula is C15H28N4O4S. The number of aliphatic hydroxyl groups excluding tert-OH is 1. The van der Waals surface area contributed by atoms with Gasteiger partial charge in [-0.2, -0.15) is 16.9 Å². The van der Waals surface area contributed by atoms with Gasteiger partial charge in [-0.05, 0) is 26.0 Å². The number of aromatic nitrogens is 2. The molecule has 1 amide bonds. The van der Waals surface area contributed by atoms with Crippen LogP contribution < -0.4 is 11.1 Å². The fraction of sp³-hybridized carbons (Fsp3) is 0.733. The van der Waals surface area contributed by atoms with Crippen molar-refractivity contribution in [2.75, 3.05) is 43.6 Å². The molecule has 0 atom stereocenters. The van der Waals surface area contributed by atoms with Crippen molar-refractivity contribution in [2.24, 2.45) is 0 Å². The molecule has 0 saturated heterocycles. The van der Waals surface area contributed by atoms with Crippen LogP contribution in [0.3, 0.4) is 0 Å². The SMILES string of the molecule is CCOC(Cn1ncc(C(=O)NCCSCCCO)c1N)OCC. The quantitative estimate of drug-likeness (QED) is 0.351. The van der Waals surface area contributed by atoms with Crippen molar-refractivity contribution in [2.45, 2.75) is 33.1 Å². The standard InChI is InChI=1S/C15H28N4O4S/c1-3-22-13(23-4-2)11-19-14(16)12(10-18-19)15(21)17-6-9-24-8-5-7-20/h10,13,20H,3-9,11,16H2,1-2H3,(H,17,21). The Hall–Kier alpha value is -1.29. The third-order valence-electron chi connectivity index (χ3n) is 3.13. The van der Waals surface area contributed by atoms with Crippen LogP contribution in [0.15, 0.2) is 6.20 Å².